The van der Waals surface area contributed by atoms with Crippen molar-refractivity contribution in [3.8, 4) is 0 Å². The van der Waals surface area contributed by atoms with Gasteiger partial charge in [-0.05, 0) is 37.2 Å². The first-order valence-corrected chi connectivity index (χ1v) is 7.14. The van der Waals surface area contributed by atoms with Crippen molar-refractivity contribution in [3.05, 3.63) is 16.4 Å². The second kappa shape index (κ2) is 4.98. The van der Waals surface area contributed by atoms with E-state index >= 15 is 0 Å². The molecule has 1 aliphatic heterocycles. The molecule has 2 rings (SSSR count). The van der Waals surface area contributed by atoms with Gasteiger partial charge in [0.25, 0.3) is 0 Å². The van der Waals surface area contributed by atoms with Crippen molar-refractivity contribution in [1.29, 1.82) is 0 Å². The Kier molecular flexibility index (Phi) is 3.82. The first-order valence-electron chi connectivity index (χ1n) is 5.61. The van der Waals surface area contributed by atoms with Gasteiger partial charge >= 0.3 is 0 Å². The zero-order valence-corrected chi connectivity index (χ0v) is 11.3. The fourth-order valence-corrected chi connectivity index (χ4v) is 3.80. The molecular formula is C11H18ClN3S. The smallest absolute Gasteiger partial charge is 0.130 e. The highest BCUT2D eigenvalue weighted by Crippen LogP contribution is 2.28. The molecule has 16 heavy (non-hydrogen) atoms. The van der Waals surface area contributed by atoms with Gasteiger partial charge in [-0.25, -0.2) is 0 Å². The number of rotatable bonds is 3. The van der Waals surface area contributed by atoms with Crippen molar-refractivity contribution in [2.45, 2.75) is 25.8 Å². The molecule has 2 atom stereocenters. The molecule has 0 aromatic carbocycles. The van der Waals surface area contributed by atoms with E-state index in [4.69, 9.17) is 17.3 Å². The van der Waals surface area contributed by atoms with Crippen molar-refractivity contribution >= 4 is 23.4 Å². The Morgan fingerprint density at radius 3 is 2.94 bits per heavy atom. The fourth-order valence-electron chi connectivity index (χ4n) is 2.20. The predicted molar refractivity (Wildman–Crippen MR) is 70.1 cm³/mol. The van der Waals surface area contributed by atoms with Gasteiger partial charge in [0.2, 0.25) is 0 Å². The molecule has 0 amide bonds. The first-order chi connectivity index (χ1) is 7.59. The van der Waals surface area contributed by atoms with Crippen molar-refractivity contribution in [1.82, 2.24) is 9.78 Å². The number of thioether (sulfide) groups is 1. The molecule has 5 heteroatoms. The third-order valence-electron chi connectivity index (χ3n) is 3.28. The molecule has 1 saturated heterocycles. The maximum absolute atomic E-state index is 6.25. The summed E-state index contributed by atoms with van der Waals surface area (Å²) >= 11 is 8.21. The number of aromatic nitrogens is 2. The van der Waals surface area contributed by atoms with E-state index in [1.54, 1.807) is 4.68 Å². The van der Waals surface area contributed by atoms with Crippen LogP contribution in [-0.4, -0.2) is 27.3 Å². The van der Waals surface area contributed by atoms with Crippen molar-refractivity contribution in [2.75, 3.05) is 11.5 Å². The summed E-state index contributed by atoms with van der Waals surface area (Å²) in [5, 5.41) is 5.05. The summed E-state index contributed by atoms with van der Waals surface area (Å²) < 4.78 is 1.72. The van der Waals surface area contributed by atoms with Gasteiger partial charge in [-0.3, -0.25) is 4.68 Å². The van der Waals surface area contributed by atoms with Crippen LogP contribution in [0.1, 0.15) is 17.7 Å². The van der Waals surface area contributed by atoms with E-state index < -0.39 is 0 Å². The standard InChI is InChI=1S/C11H18ClN3S/c1-7-9(11(12)15(2)14-7)5-10(13)8-3-4-16-6-8/h8,10H,3-6,13H2,1-2H3. The zero-order chi connectivity index (χ0) is 11.7. The van der Waals surface area contributed by atoms with E-state index in [1.807, 2.05) is 25.7 Å². The normalized spacial score (nSPS) is 22.6. The van der Waals surface area contributed by atoms with E-state index in [1.165, 1.54) is 17.9 Å². The average Bonchev–Trinajstić information content (AvgIpc) is 2.83. The molecule has 2 N–H and O–H groups in total. The predicted octanol–water partition coefficient (Wildman–Crippen LogP) is 2.00. The summed E-state index contributed by atoms with van der Waals surface area (Å²) in [4.78, 5) is 0. The van der Waals surface area contributed by atoms with Gasteiger partial charge in [-0.1, -0.05) is 11.6 Å². The maximum Gasteiger partial charge on any atom is 0.130 e. The average molecular weight is 260 g/mol. The molecule has 2 heterocycles. The number of aryl methyl sites for hydroxylation is 2. The van der Waals surface area contributed by atoms with Crippen LogP contribution in [0.3, 0.4) is 0 Å². The van der Waals surface area contributed by atoms with Crippen LogP contribution in [0, 0.1) is 12.8 Å². The molecule has 0 spiro atoms. The van der Waals surface area contributed by atoms with Gasteiger partial charge < -0.3 is 5.73 Å². The van der Waals surface area contributed by atoms with Crippen LogP contribution in [0.2, 0.25) is 5.15 Å². The van der Waals surface area contributed by atoms with Crippen molar-refractivity contribution in [2.24, 2.45) is 18.7 Å². The molecule has 0 saturated carbocycles. The van der Waals surface area contributed by atoms with Crippen LogP contribution in [0.5, 0.6) is 0 Å². The number of hydrogen-bond donors (Lipinski definition) is 1. The summed E-state index contributed by atoms with van der Waals surface area (Å²) in [5.41, 5.74) is 8.38. The van der Waals surface area contributed by atoms with Crippen LogP contribution in [0.15, 0.2) is 0 Å². The second-order valence-corrected chi connectivity index (χ2v) is 5.98. The summed E-state index contributed by atoms with van der Waals surface area (Å²) in [7, 11) is 1.87. The quantitative estimate of drug-likeness (QED) is 0.903. The minimum atomic E-state index is 0.218. The molecule has 3 nitrogen and oxygen atoms in total. The summed E-state index contributed by atoms with van der Waals surface area (Å²) in [6.07, 6.45) is 2.09. The highest BCUT2D eigenvalue weighted by atomic mass is 35.5. The maximum atomic E-state index is 6.25. The highest BCUT2D eigenvalue weighted by molar-refractivity contribution is 7.99. The van der Waals surface area contributed by atoms with Gasteiger partial charge in [0.15, 0.2) is 0 Å². The Morgan fingerprint density at radius 2 is 2.44 bits per heavy atom. The van der Waals surface area contributed by atoms with Crippen LogP contribution < -0.4 is 5.73 Å². The van der Waals surface area contributed by atoms with Gasteiger partial charge in [-0.15, -0.1) is 0 Å². The molecule has 2 unspecified atom stereocenters. The molecule has 1 aromatic rings. The SMILES string of the molecule is Cc1nn(C)c(Cl)c1CC(N)C1CCSC1. The van der Waals surface area contributed by atoms with Crippen LogP contribution in [0.4, 0.5) is 0 Å². The molecule has 0 aliphatic carbocycles. The highest BCUT2D eigenvalue weighted by Gasteiger charge is 2.24. The van der Waals surface area contributed by atoms with E-state index in [2.05, 4.69) is 5.10 Å². The minimum absolute atomic E-state index is 0.218. The molecule has 1 aromatic heterocycles. The zero-order valence-electron chi connectivity index (χ0n) is 9.74. The van der Waals surface area contributed by atoms with Crippen LogP contribution >= 0.6 is 23.4 Å². The number of hydrogen-bond acceptors (Lipinski definition) is 3. The fraction of sp³-hybridized carbons (Fsp3) is 0.727. The molecule has 1 fully saturated rings. The number of nitrogens with zero attached hydrogens (tertiary/aromatic N) is 2. The lowest BCUT2D eigenvalue weighted by Gasteiger charge is -2.17. The monoisotopic (exact) mass is 259 g/mol. The molecule has 1 aliphatic rings. The number of halogens is 1. The lowest BCUT2D eigenvalue weighted by molar-refractivity contribution is 0.462. The van der Waals surface area contributed by atoms with E-state index in [0.717, 1.165) is 22.8 Å². The molecule has 0 bridgehead atoms. The molecule has 0 radical (unpaired) electrons. The van der Waals surface area contributed by atoms with Crippen molar-refractivity contribution in [3.63, 3.8) is 0 Å². The number of nitrogens with two attached hydrogens (primary N) is 1. The Balaban J connectivity index is 2.07. The third kappa shape index (κ3) is 2.39. The lowest BCUT2D eigenvalue weighted by Crippen LogP contribution is -2.32. The van der Waals surface area contributed by atoms with Gasteiger partial charge in [0.1, 0.15) is 5.15 Å². The van der Waals surface area contributed by atoms with Crippen LogP contribution in [-0.2, 0) is 13.5 Å². The van der Waals surface area contributed by atoms with Crippen molar-refractivity contribution < 1.29 is 0 Å². The Hall–Kier alpha value is -0.190. The third-order valence-corrected chi connectivity index (χ3v) is 4.94. The molecule has 90 valence electrons. The van der Waals surface area contributed by atoms with E-state index in [0.29, 0.717) is 5.92 Å². The minimum Gasteiger partial charge on any atom is -0.327 e. The Morgan fingerprint density at radius 1 is 1.69 bits per heavy atom. The Labute approximate surface area is 106 Å². The first kappa shape index (κ1) is 12.3. The summed E-state index contributed by atoms with van der Waals surface area (Å²) in [6, 6.07) is 0.218. The second-order valence-electron chi connectivity index (χ2n) is 4.47. The van der Waals surface area contributed by atoms with E-state index in [-0.39, 0.29) is 6.04 Å². The van der Waals surface area contributed by atoms with Gasteiger partial charge in [0.05, 0.1) is 5.69 Å². The van der Waals surface area contributed by atoms with Gasteiger partial charge in [-0.2, -0.15) is 16.9 Å². The molecular weight excluding hydrogens is 242 g/mol. The topological polar surface area (TPSA) is 43.8 Å². The van der Waals surface area contributed by atoms with Gasteiger partial charge in [0, 0.05) is 18.7 Å². The summed E-state index contributed by atoms with van der Waals surface area (Å²) in [6.45, 7) is 2.00. The van der Waals surface area contributed by atoms with E-state index in [9.17, 15) is 0 Å². The Bertz CT molecular complexity index is 372. The largest absolute Gasteiger partial charge is 0.327 e. The lowest BCUT2D eigenvalue weighted by atomic mass is 9.94. The summed E-state index contributed by atoms with van der Waals surface area (Å²) in [5.74, 6) is 3.08. The van der Waals surface area contributed by atoms with Crippen LogP contribution in [0.25, 0.3) is 0 Å².